The lowest BCUT2D eigenvalue weighted by Crippen LogP contribution is -2.49. The highest BCUT2D eigenvalue weighted by Gasteiger charge is 2.32. The molecular weight excluding hydrogens is 437 g/mol. The van der Waals surface area contributed by atoms with Gasteiger partial charge in [-0.2, -0.15) is 0 Å². The molecule has 33 heavy (non-hydrogen) atoms. The Kier molecular flexibility index (Phi) is 7.62. The van der Waals surface area contributed by atoms with Gasteiger partial charge in [-0.25, -0.2) is 9.37 Å². The molecule has 2 aromatic rings. The van der Waals surface area contributed by atoms with Crippen molar-refractivity contribution >= 4 is 28.2 Å². The van der Waals surface area contributed by atoms with Crippen LogP contribution in [0.2, 0.25) is 0 Å². The van der Waals surface area contributed by atoms with Gasteiger partial charge in [0.1, 0.15) is 11.6 Å². The molecule has 5 nitrogen and oxygen atoms in total. The second kappa shape index (κ2) is 9.92. The van der Waals surface area contributed by atoms with Crippen molar-refractivity contribution in [3.63, 3.8) is 0 Å². The van der Waals surface area contributed by atoms with Crippen molar-refractivity contribution in [2.45, 2.75) is 60.3 Å². The highest BCUT2D eigenvalue weighted by molar-refractivity contribution is 7.13. The fraction of sp³-hybridized carbons (Fsp3) is 0.577. The predicted molar refractivity (Wildman–Crippen MR) is 132 cm³/mol. The number of piperazine rings is 1. The Hall–Kier alpha value is -2.28. The third-order valence-electron chi connectivity index (χ3n) is 5.87. The molecule has 0 radical (unpaired) electrons. The van der Waals surface area contributed by atoms with Crippen molar-refractivity contribution < 1.29 is 14.0 Å². The van der Waals surface area contributed by atoms with E-state index in [1.54, 1.807) is 23.5 Å². The minimum absolute atomic E-state index is 0.00994. The van der Waals surface area contributed by atoms with E-state index >= 15 is 0 Å². The number of amides is 1. The van der Waals surface area contributed by atoms with Gasteiger partial charge in [0.15, 0.2) is 5.13 Å². The van der Waals surface area contributed by atoms with Crippen LogP contribution in [0.5, 0.6) is 0 Å². The van der Waals surface area contributed by atoms with E-state index in [2.05, 4.69) is 25.7 Å². The first-order valence-electron chi connectivity index (χ1n) is 11.6. The molecule has 1 fully saturated rings. The lowest BCUT2D eigenvalue weighted by molar-refractivity contribution is -0.133. The summed E-state index contributed by atoms with van der Waals surface area (Å²) in [6.07, 6.45) is 1.04. The Bertz CT molecular complexity index is 965. The molecule has 7 heteroatoms. The maximum Gasteiger partial charge on any atom is 0.223 e. The van der Waals surface area contributed by atoms with Crippen molar-refractivity contribution in [2.24, 2.45) is 10.8 Å². The number of Topliss-reactive ketones (excluding diaryl/α,β-unsaturated/α-hetero) is 1. The lowest BCUT2D eigenvalue weighted by Gasteiger charge is -2.35. The molecule has 0 spiro atoms. The van der Waals surface area contributed by atoms with Gasteiger partial charge in [-0.3, -0.25) is 9.59 Å². The van der Waals surface area contributed by atoms with Gasteiger partial charge >= 0.3 is 0 Å². The number of aromatic nitrogens is 1. The van der Waals surface area contributed by atoms with E-state index in [4.69, 9.17) is 4.98 Å². The van der Waals surface area contributed by atoms with Gasteiger partial charge in [-0.15, -0.1) is 11.3 Å². The number of benzene rings is 1. The summed E-state index contributed by atoms with van der Waals surface area (Å²) in [4.78, 5) is 34.7. The topological polar surface area (TPSA) is 53.5 Å². The summed E-state index contributed by atoms with van der Waals surface area (Å²) < 4.78 is 13.5. The Morgan fingerprint density at radius 3 is 2.18 bits per heavy atom. The maximum absolute atomic E-state index is 13.5. The first-order chi connectivity index (χ1) is 15.3. The number of carbonyl (C=O) groups excluding carboxylic acids is 2. The van der Waals surface area contributed by atoms with Crippen molar-refractivity contribution in [2.75, 3.05) is 31.1 Å². The molecule has 1 aromatic heterocycles. The number of hydrogen-bond donors (Lipinski definition) is 0. The third kappa shape index (κ3) is 6.85. The van der Waals surface area contributed by atoms with Gasteiger partial charge in [0.05, 0.1) is 5.69 Å². The molecule has 1 aliphatic rings. The summed E-state index contributed by atoms with van der Waals surface area (Å²) in [6.45, 7) is 14.9. The van der Waals surface area contributed by atoms with Gasteiger partial charge in [-0.05, 0) is 23.1 Å². The maximum atomic E-state index is 13.5. The Morgan fingerprint density at radius 1 is 1.03 bits per heavy atom. The fourth-order valence-electron chi connectivity index (χ4n) is 4.04. The van der Waals surface area contributed by atoms with Crippen LogP contribution in [-0.2, 0) is 16.0 Å². The smallest absolute Gasteiger partial charge is 0.223 e. The van der Waals surface area contributed by atoms with E-state index in [0.717, 1.165) is 29.5 Å². The van der Waals surface area contributed by atoms with Gasteiger partial charge < -0.3 is 9.80 Å². The summed E-state index contributed by atoms with van der Waals surface area (Å²) in [6, 6.07) is 6.21. The number of anilines is 1. The Balaban J connectivity index is 1.68. The second-order valence-electron chi connectivity index (χ2n) is 11.1. The molecule has 0 saturated carbocycles. The van der Waals surface area contributed by atoms with E-state index in [1.807, 2.05) is 31.1 Å². The van der Waals surface area contributed by atoms with Crippen molar-refractivity contribution in [1.82, 2.24) is 9.88 Å². The Morgan fingerprint density at radius 2 is 1.64 bits per heavy atom. The van der Waals surface area contributed by atoms with Crippen LogP contribution in [0.4, 0.5) is 9.52 Å². The molecule has 0 aliphatic carbocycles. The van der Waals surface area contributed by atoms with Gasteiger partial charge in [0.2, 0.25) is 5.91 Å². The highest BCUT2D eigenvalue weighted by Crippen LogP contribution is 2.32. The van der Waals surface area contributed by atoms with Crippen LogP contribution >= 0.6 is 11.3 Å². The number of nitrogens with zero attached hydrogens (tertiary/aromatic N) is 3. The van der Waals surface area contributed by atoms with Crippen molar-refractivity contribution in [3.05, 3.63) is 46.7 Å². The molecule has 1 aliphatic heterocycles. The molecule has 1 atom stereocenters. The van der Waals surface area contributed by atoms with Gasteiger partial charge in [0.25, 0.3) is 0 Å². The molecule has 1 amide bonds. The molecule has 1 unspecified atom stereocenters. The predicted octanol–water partition coefficient (Wildman–Crippen LogP) is 5.31. The van der Waals surface area contributed by atoms with Crippen LogP contribution in [0.15, 0.2) is 29.6 Å². The van der Waals surface area contributed by atoms with Crippen LogP contribution in [0.25, 0.3) is 0 Å². The number of carbonyl (C=O) groups is 2. The zero-order valence-corrected chi connectivity index (χ0v) is 21.5. The molecule has 0 N–H and O–H groups in total. The van der Waals surface area contributed by atoms with Crippen LogP contribution < -0.4 is 4.90 Å². The summed E-state index contributed by atoms with van der Waals surface area (Å²) in [5, 5.41) is 2.94. The largest absolute Gasteiger partial charge is 0.345 e. The van der Waals surface area contributed by atoms with Crippen molar-refractivity contribution in [3.8, 4) is 0 Å². The average Bonchev–Trinajstić information content (AvgIpc) is 3.19. The average molecular weight is 474 g/mol. The molecule has 1 aromatic carbocycles. The second-order valence-corrected chi connectivity index (χ2v) is 12.0. The Labute approximate surface area is 201 Å². The normalized spacial score (nSPS) is 16.1. The first-order valence-corrected chi connectivity index (χ1v) is 12.5. The number of hydrogen-bond acceptors (Lipinski definition) is 5. The lowest BCUT2D eigenvalue weighted by atomic mass is 9.78. The number of halogens is 1. The molecule has 3 rings (SSSR count). The minimum Gasteiger partial charge on any atom is -0.345 e. The van der Waals surface area contributed by atoms with Gasteiger partial charge in [-0.1, -0.05) is 53.7 Å². The summed E-state index contributed by atoms with van der Waals surface area (Å²) in [5.74, 6) is -0.344. The molecular formula is C26H36FN3O2S. The summed E-state index contributed by atoms with van der Waals surface area (Å²) >= 11 is 1.57. The molecule has 2 heterocycles. The van der Waals surface area contributed by atoms with Crippen LogP contribution in [-0.4, -0.2) is 47.8 Å². The van der Waals surface area contributed by atoms with Crippen molar-refractivity contribution in [1.29, 1.82) is 0 Å². The minimum atomic E-state index is -0.506. The fourth-order valence-corrected chi connectivity index (χ4v) is 4.93. The van der Waals surface area contributed by atoms with E-state index < -0.39 is 5.41 Å². The first kappa shape index (κ1) is 25.3. The van der Waals surface area contributed by atoms with E-state index in [1.165, 1.54) is 12.1 Å². The zero-order valence-electron chi connectivity index (χ0n) is 20.7. The van der Waals surface area contributed by atoms with E-state index in [9.17, 15) is 14.0 Å². The quantitative estimate of drug-likeness (QED) is 0.571. The van der Waals surface area contributed by atoms with E-state index in [0.29, 0.717) is 25.9 Å². The SMILES string of the molecule is CC(C)(C)CC(=O)N1CCN(c2nc(CC(C(=O)C(C)(C)C)c3ccc(F)cc3)cs2)CC1. The number of thiazole rings is 1. The van der Waals surface area contributed by atoms with Crippen LogP contribution in [0.3, 0.4) is 0 Å². The number of ketones is 1. The summed E-state index contributed by atoms with van der Waals surface area (Å²) in [7, 11) is 0. The molecule has 180 valence electrons. The molecule has 0 bridgehead atoms. The zero-order chi connectivity index (χ0) is 24.4. The summed E-state index contributed by atoms with van der Waals surface area (Å²) in [5.41, 5.74) is 1.17. The monoisotopic (exact) mass is 473 g/mol. The third-order valence-corrected chi connectivity index (χ3v) is 6.82. The standard InChI is InChI=1S/C26H36FN3O2S/c1-25(2,3)16-22(31)29-11-13-30(14-12-29)24-28-20(17-33-24)15-21(23(32)26(4,5)6)18-7-9-19(27)10-8-18/h7-10,17,21H,11-16H2,1-6H3. The van der Waals surface area contributed by atoms with Gasteiger partial charge in [0, 0.05) is 55.7 Å². The molecule has 1 saturated heterocycles. The van der Waals surface area contributed by atoms with E-state index in [-0.39, 0.29) is 28.8 Å². The van der Waals surface area contributed by atoms with Crippen LogP contribution in [0, 0.1) is 16.6 Å². The van der Waals surface area contributed by atoms with Crippen LogP contribution in [0.1, 0.15) is 65.1 Å². The number of rotatable bonds is 6. The highest BCUT2D eigenvalue weighted by atomic mass is 32.1.